The molecule has 0 aromatic heterocycles. The molecule has 0 aliphatic heterocycles. The molecular weight excluding hydrogens is 263 g/mol. The number of nitrogens with zero attached hydrogens (tertiary/aromatic N) is 1. The average molecular weight is 275 g/mol. The van der Waals surface area contributed by atoms with E-state index in [9.17, 15) is 4.39 Å². The Kier molecular flexibility index (Phi) is 4.03. The highest BCUT2D eigenvalue weighted by molar-refractivity contribution is 6.31. The zero-order chi connectivity index (χ0) is 13.8. The Balaban J connectivity index is 2.20. The predicted octanol–water partition coefficient (Wildman–Crippen LogP) is 4.52. The first-order valence-corrected chi connectivity index (χ1v) is 6.19. The molecule has 2 rings (SSSR count). The molecule has 0 amide bonds. The van der Waals surface area contributed by atoms with E-state index < -0.39 is 0 Å². The van der Waals surface area contributed by atoms with Crippen LogP contribution in [-0.2, 0) is 0 Å². The van der Waals surface area contributed by atoms with E-state index in [0.29, 0.717) is 10.6 Å². The van der Waals surface area contributed by atoms with Crippen LogP contribution >= 0.6 is 11.6 Å². The molecule has 0 aliphatic rings. The monoisotopic (exact) mass is 274 g/mol. The number of hydrogen-bond acceptors (Lipinski definition) is 2. The van der Waals surface area contributed by atoms with Gasteiger partial charge in [-0.2, -0.15) is 5.26 Å². The molecule has 0 fully saturated rings. The molecule has 0 radical (unpaired) electrons. The zero-order valence-electron chi connectivity index (χ0n) is 10.3. The number of rotatable bonds is 3. The molecule has 2 aromatic rings. The van der Waals surface area contributed by atoms with Gasteiger partial charge in [0.1, 0.15) is 5.82 Å². The van der Waals surface area contributed by atoms with Gasteiger partial charge in [0.2, 0.25) is 0 Å². The SMILES string of the molecule is CC(Nc1cccc(C#N)c1)c1ccc(F)cc1Cl. The third-order valence-corrected chi connectivity index (χ3v) is 3.13. The molecule has 2 aromatic carbocycles. The first kappa shape index (κ1) is 13.4. The smallest absolute Gasteiger partial charge is 0.124 e. The van der Waals surface area contributed by atoms with Crippen molar-refractivity contribution in [2.75, 3.05) is 5.32 Å². The highest BCUT2D eigenvalue weighted by Crippen LogP contribution is 2.26. The lowest BCUT2D eigenvalue weighted by Gasteiger charge is -2.17. The second kappa shape index (κ2) is 5.73. The van der Waals surface area contributed by atoms with Crippen LogP contribution in [0.5, 0.6) is 0 Å². The third kappa shape index (κ3) is 3.24. The van der Waals surface area contributed by atoms with E-state index in [1.807, 2.05) is 13.0 Å². The Bertz CT molecular complexity index is 634. The Hall–Kier alpha value is -2.05. The van der Waals surface area contributed by atoms with E-state index in [4.69, 9.17) is 16.9 Å². The summed E-state index contributed by atoms with van der Waals surface area (Å²) in [5, 5.41) is 12.5. The van der Waals surface area contributed by atoms with Gasteiger partial charge >= 0.3 is 0 Å². The maximum atomic E-state index is 13.0. The van der Waals surface area contributed by atoms with Gasteiger partial charge in [0.05, 0.1) is 11.6 Å². The summed E-state index contributed by atoms with van der Waals surface area (Å²) in [7, 11) is 0. The predicted molar refractivity (Wildman–Crippen MR) is 74.6 cm³/mol. The van der Waals surface area contributed by atoms with Gasteiger partial charge in [-0.25, -0.2) is 4.39 Å². The van der Waals surface area contributed by atoms with Crippen LogP contribution in [-0.4, -0.2) is 0 Å². The maximum Gasteiger partial charge on any atom is 0.124 e. The first-order valence-electron chi connectivity index (χ1n) is 5.82. The fourth-order valence-electron chi connectivity index (χ4n) is 1.86. The van der Waals surface area contributed by atoms with Crippen molar-refractivity contribution < 1.29 is 4.39 Å². The lowest BCUT2D eigenvalue weighted by atomic mass is 10.1. The summed E-state index contributed by atoms with van der Waals surface area (Å²) in [4.78, 5) is 0. The van der Waals surface area contributed by atoms with Crippen LogP contribution in [0.25, 0.3) is 0 Å². The second-order valence-electron chi connectivity index (χ2n) is 4.22. The Morgan fingerprint density at radius 1 is 1.26 bits per heavy atom. The number of halogens is 2. The van der Waals surface area contributed by atoms with E-state index in [1.165, 1.54) is 12.1 Å². The zero-order valence-corrected chi connectivity index (χ0v) is 11.1. The van der Waals surface area contributed by atoms with Gasteiger partial charge in [0.25, 0.3) is 0 Å². The van der Waals surface area contributed by atoms with Crippen molar-refractivity contribution in [1.29, 1.82) is 5.26 Å². The van der Waals surface area contributed by atoms with Crippen LogP contribution < -0.4 is 5.32 Å². The van der Waals surface area contributed by atoms with Crippen molar-refractivity contribution in [3.05, 3.63) is 64.4 Å². The molecule has 0 bridgehead atoms. The summed E-state index contributed by atoms with van der Waals surface area (Å²) in [6, 6.07) is 13.5. The molecule has 0 saturated heterocycles. The van der Waals surface area contributed by atoms with Crippen LogP contribution in [0, 0.1) is 17.1 Å². The summed E-state index contributed by atoms with van der Waals surface area (Å²) in [5.41, 5.74) is 2.22. The fourth-order valence-corrected chi connectivity index (χ4v) is 2.19. The van der Waals surface area contributed by atoms with Crippen molar-refractivity contribution in [1.82, 2.24) is 0 Å². The van der Waals surface area contributed by atoms with Gasteiger partial charge in [-0.3, -0.25) is 0 Å². The van der Waals surface area contributed by atoms with E-state index in [2.05, 4.69) is 11.4 Å². The standard InChI is InChI=1S/C15H12ClFN2/c1-10(14-6-5-12(17)8-15(14)16)19-13-4-2-3-11(7-13)9-18/h2-8,10,19H,1H3. The number of anilines is 1. The summed E-state index contributed by atoms with van der Waals surface area (Å²) >= 11 is 6.02. The molecule has 0 spiro atoms. The molecule has 1 N–H and O–H groups in total. The van der Waals surface area contributed by atoms with Crippen molar-refractivity contribution >= 4 is 17.3 Å². The van der Waals surface area contributed by atoms with Crippen LogP contribution in [0.3, 0.4) is 0 Å². The Morgan fingerprint density at radius 3 is 2.74 bits per heavy atom. The van der Waals surface area contributed by atoms with Crippen LogP contribution in [0.1, 0.15) is 24.1 Å². The second-order valence-corrected chi connectivity index (χ2v) is 4.63. The quantitative estimate of drug-likeness (QED) is 0.893. The van der Waals surface area contributed by atoms with Crippen LogP contribution in [0.15, 0.2) is 42.5 Å². The van der Waals surface area contributed by atoms with E-state index in [0.717, 1.165) is 11.3 Å². The molecule has 4 heteroatoms. The van der Waals surface area contributed by atoms with Gasteiger partial charge in [0, 0.05) is 16.8 Å². The lowest BCUT2D eigenvalue weighted by Crippen LogP contribution is -2.07. The van der Waals surface area contributed by atoms with E-state index in [1.54, 1.807) is 24.3 Å². The summed E-state index contributed by atoms with van der Waals surface area (Å²) < 4.78 is 13.0. The largest absolute Gasteiger partial charge is 0.378 e. The normalized spacial score (nSPS) is 11.7. The molecule has 0 aliphatic carbocycles. The highest BCUT2D eigenvalue weighted by atomic mass is 35.5. The number of hydrogen-bond donors (Lipinski definition) is 1. The summed E-state index contributed by atoms with van der Waals surface area (Å²) in [6.07, 6.45) is 0. The van der Waals surface area contributed by atoms with Crippen LogP contribution in [0.2, 0.25) is 5.02 Å². The van der Waals surface area contributed by atoms with Gasteiger partial charge in [-0.15, -0.1) is 0 Å². The van der Waals surface area contributed by atoms with Crippen LogP contribution in [0.4, 0.5) is 10.1 Å². The fraction of sp³-hybridized carbons (Fsp3) is 0.133. The maximum absolute atomic E-state index is 13.0. The first-order chi connectivity index (χ1) is 9.10. The molecule has 0 saturated carbocycles. The minimum Gasteiger partial charge on any atom is -0.378 e. The molecule has 2 nitrogen and oxygen atoms in total. The summed E-state index contributed by atoms with van der Waals surface area (Å²) in [6.45, 7) is 1.93. The van der Waals surface area contributed by atoms with E-state index in [-0.39, 0.29) is 11.9 Å². The van der Waals surface area contributed by atoms with Gasteiger partial charge < -0.3 is 5.32 Å². The Labute approximate surface area is 116 Å². The van der Waals surface area contributed by atoms with Gasteiger partial charge in [-0.05, 0) is 42.8 Å². The minimum absolute atomic E-state index is 0.0814. The van der Waals surface area contributed by atoms with E-state index >= 15 is 0 Å². The topological polar surface area (TPSA) is 35.8 Å². The minimum atomic E-state index is -0.354. The molecular formula is C15H12ClFN2. The van der Waals surface area contributed by atoms with Crippen molar-refractivity contribution in [2.24, 2.45) is 0 Å². The van der Waals surface area contributed by atoms with Gasteiger partial charge in [-0.1, -0.05) is 23.7 Å². The number of nitrogens with one attached hydrogen (secondary N) is 1. The number of benzene rings is 2. The van der Waals surface area contributed by atoms with Crippen molar-refractivity contribution in [3.8, 4) is 6.07 Å². The molecule has 1 atom stereocenters. The molecule has 19 heavy (non-hydrogen) atoms. The van der Waals surface area contributed by atoms with Gasteiger partial charge in [0.15, 0.2) is 0 Å². The van der Waals surface area contributed by atoms with Crippen molar-refractivity contribution in [2.45, 2.75) is 13.0 Å². The summed E-state index contributed by atoms with van der Waals surface area (Å²) in [5.74, 6) is -0.354. The van der Waals surface area contributed by atoms with Crippen molar-refractivity contribution in [3.63, 3.8) is 0 Å². The third-order valence-electron chi connectivity index (χ3n) is 2.80. The highest BCUT2D eigenvalue weighted by Gasteiger charge is 2.10. The average Bonchev–Trinajstić information content (AvgIpc) is 2.38. The lowest BCUT2D eigenvalue weighted by molar-refractivity contribution is 0.626. The Morgan fingerprint density at radius 2 is 2.05 bits per heavy atom. The number of nitriles is 1. The molecule has 0 heterocycles. The molecule has 1 unspecified atom stereocenters. The molecule has 96 valence electrons.